The molecule has 3 aliphatic rings. The van der Waals surface area contributed by atoms with Crippen LogP contribution in [0.25, 0.3) is 0 Å². The fraction of sp³-hybridized carbons (Fsp3) is 0.286. The SMILES string of the molecule is C1=C2CC[C@H](c3ccccc3)C3=CC=C(CC[C@H](c4ccccc4)C(=C1)C2)C3. The molecular formula is C28H28. The molecule has 1 saturated carbocycles. The second kappa shape index (κ2) is 7.80. The number of benzene rings is 2. The van der Waals surface area contributed by atoms with Crippen LogP contribution in [0.2, 0.25) is 0 Å². The smallest absolute Gasteiger partial charge is 0.00575 e. The van der Waals surface area contributed by atoms with Crippen LogP contribution in [0.1, 0.15) is 61.5 Å². The highest BCUT2D eigenvalue weighted by atomic mass is 14.3. The van der Waals surface area contributed by atoms with E-state index in [-0.39, 0.29) is 0 Å². The number of rotatable bonds is 2. The molecule has 1 fully saturated rings. The van der Waals surface area contributed by atoms with Crippen LogP contribution in [0.15, 0.2) is 107 Å². The van der Waals surface area contributed by atoms with E-state index in [4.69, 9.17) is 0 Å². The third kappa shape index (κ3) is 3.56. The standard InChI is InChI=1S/C28H28/c1-3-7-23(8-4-1)27-17-13-21-12-16-26(20-21)28(24-9-5-2-6-10-24)18-14-22-11-15-25(27)19-22/h1-12,15-16,27-28H,13-14,17-20H2/t27-,28-/m1/s1. The molecule has 0 radical (unpaired) electrons. The first-order valence-corrected chi connectivity index (χ1v) is 10.7. The fourth-order valence-corrected chi connectivity index (χ4v) is 5.19. The van der Waals surface area contributed by atoms with Crippen molar-refractivity contribution in [2.75, 3.05) is 0 Å². The molecule has 140 valence electrons. The van der Waals surface area contributed by atoms with Crippen LogP contribution in [0.4, 0.5) is 0 Å². The third-order valence-electron chi connectivity index (χ3n) is 6.74. The minimum atomic E-state index is 0.559. The van der Waals surface area contributed by atoms with Gasteiger partial charge in [-0.3, -0.25) is 0 Å². The van der Waals surface area contributed by atoms with Gasteiger partial charge in [-0.2, -0.15) is 0 Å². The van der Waals surface area contributed by atoms with Crippen molar-refractivity contribution in [3.63, 3.8) is 0 Å². The molecule has 28 heavy (non-hydrogen) atoms. The van der Waals surface area contributed by atoms with Crippen molar-refractivity contribution >= 4 is 0 Å². The fourth-order valence-electron chi connectivity index (χ4n) is 5.19. The van der Waals surface area contributed by atoms with Crippen molar-refractivity contribution in [1.29, 1.82) is 0 Å². The summed E-state index contributed by atoms with van der Waals surface area (Å²) in [5.74, 6) is 1.12. The average Bonchev–Trinajstić information content (AvgIpc) is 3.40. The van der Waals surface area contributed by atoms with Crippen molar-refractivity contribution in [2.45, 2.75) is 50.4 Å². The van der Waals surface area contributed by atoms with Gasteiger partial charge in [0.1, 0.15) is 0 Å². The Hall–Kier alpha value is -2.60. The first-order valence-electron chi connectivity index (χ1n) is 10.7. The van der Waals surface area contributed by atoms with E-state index in [9.17, 15) is 0 Å². The zero-order chi connectivity index (χ0) is 18.8. The summed E-state index contributed by atoms with van der Waals surface area (Å²) in [4.78, 5) is 0. The minimum absolute atomic E-state index is 0.559. The lowest BCUT2D eigenvalue weighted by atomic mass is 9.80. The van der Waals surface area contributed by atoms with Crippen molar-refractivity contribution in [3.05, 3.63) is 118 Å². The highest BCUT2D eigenvalue weighted by Crippen LogP contribution is 2.43. The molecular weight excluding hydrogens is 336 g/mol. The van der Waals surface area contributed by atoms with Gasteiger partial charge >= 0.3 is 0 Å². The van der Waals surface area contributed by atoms with Gasteiger partial charge in [-0.1, -0.05) is 107 Å². The van der Waals surface area contributed by atoms with Gasteiger partial charge in [-0.05, 0) is 49.7 Å². The van der Waals surface area contributed by atoms with E-state index in [1.807, 2.05) is 0 Å². The summed E-state index contributed by atoms with van der Waals surface area (Å²) in [5.41, 5.74) is 9.42. The number of fused-ring (bicyclic) bond motifs is 4. The van der Waals surface area contributed by atoms with E-state index in [2.05, 4.69) is 85.0 Å². The molecule has 0 heteroatoms. The molecule has 0 spiro atoms. The van der Waals surface area contributed by atoms with Gasteiger partial charge in [-0.15, -0.1) is 0 Å². The van der Waals surface area contributed by atoms with Crippen molar-refractivity contribution in [1.82, 2.24) is 0 Å². The highest BCUT2D eigenvalue weighted by molar-refractivity contribution is 5.43. The van der Waals surface area contributed by atoms with Gasteiger partial charge in [0, 0.05) is 11.8 Å². The van der Waals surface area contributed by atoms with Gasteiger partial charge in [0.05, 0.1) is 0 Å². The van der Waals surface area contributed by atoms with Gasteiger partial charge < -0.3 is 0 Å². The molecule has 2 atom stereocenters. The Balaban J connectivity index is 1.42. The molecule has 0 heterocycles. The Morgan fingerprint density at radius 1 is 0.500 bits per heavy atom. The second-order valence-electron chi connectivity index (χ2n) is 8.49. The van der Waals surface area contributed by atoms with Crippen LogP contribution >= 0.6 is 0 Å². The largest absolute Gasteiger partial charge is 0.0661 e. The minimum Gasteiger partial charge on any atom is -0.0661 e. The predicted octanol–water partition coefficient (Wildman–Crippen LogP) is 7.64. The lowest BCUT2D eigenvalue weighted by molar-refractivity contribution is 0.637. The number of allylic oxidation sites excluding steroid dienone is 8. The van der Waals surface area contributed by atoms with E-state index < -0.39 is 0 Å². The maximum absolute atomic E-state index is 2.42. The summed E-state index contributed by atoms with van der Waals surface area (Å²) in [6, 6.07) is 22.3. The maximum atomic E-state index is 2.42. The van der Waals surface area contributed by atoms with Gasteiger partial charge in [0.2, 0.25) is 0 Å². The van der Waals surface area contributed by atoms with Crippen molar-refractivity contribution in [3.8, 4) is 0 Å². The van der Waals surface area contributed by atoms with Crippen molar-refractivity contribution < 1.29 is 0 Å². The zero-order valence-corrected chi connectivity index (χ0v) is 16.5. The van der Waals surface area contributed by atoms with E-state index in [1.54, 1.807) is 22.3 Å². The summed E-state index contributed by atoms with van der Waals surface area (Å²) >= 11 is 0. The lowest BCUT2D eigenvalue weighted by Gasteiger charge is -2.24. The molecule has 0 aliphatic heterocycles. The summed E-state index contributed by atoms with van der Waals surface area (Å²) < 4.78 is 0. The van der Waals surface area contributed by atoms with Crippen LogP contribution in [0.3, 0.4) is 0 Å². The Bertz CT molecular complexity index is 872. The molecule has 0 nitrogen and oxygen atoms in total. The van der Waals surface area contributed by atoms with Crippen LogP contribution in [0, 0.1) is 0 Å². The predicted molar refractivity (Wildman–Crippen MR) is 118 cm³/mol. The summed E-state index contributed by atoms with van der Waals surface area (Å²) in [5, 5.41) is 0. The Kier molecular flexibility index (Phi) is 4.87. The average molecular weight is 365 g/mol. The highest BCUT2D eigenvalue weighted by Gasteiger charge is 2.25. The number of hydrogen-bond donors (Lipinski definition) is 0. The third-order valence-corrected chi connectivity index (χ3v) is 6.74. The lowest BCUT2D eigenvalue weighted by Crippen LogP contribution is -2.07. The van der Waals surface area contributed by atoms with Crippen molar-refractivity contribution in [2.24, 2.45) is 0 Å². The molecule has 0 amide bonds. The molecule has 2 aromatic rings. The first kappa shape index (κ1) is 17.5. The molecule has 0 N–H and O–H groups in total. The summed E-state index contributed by atoms with van der Waals surface area (Å²) in [7, 11) is 0. The molecule has 0 unspecified atom stereocenters. The van der Waals surface area contributed by atoms with Crippen LogP contribution < -0.4 is 0 Å². The Labute approximate surface area is 169 Å². The van der Waals surface area contributed by atoms with Gasteiger partial charge in [0.15, 0.2) is 0 Å². The monoisotopic (exact) mass is 364 g/mol. The topological polar surface area (TPSA) is 0 Å². The van der Waals surface area contributed by atoms with E-state index in [0.717, 1.165) is 0 Å². The quantitative estimate of drug-likeness (QED) is 0.513. The maximum Gasteiger partial charge on any atom is 0.00575 e. The second-order valence-corrected chi connectivity index (χ2v) is 8.49. The molecule has 3 aliphatic carbocycles. The van der Waals surface area contributed by atoms with E-state index >= 15 is 0 Å². The Morgan fingerprint density at radius 2 is 0.929 bits per heavy atom. The van der Waals surface area contributed by atoms with E-state index in [1.165, 1.54) is 49.7 Å². The normalized spacial score (nSPS) is 24.4. The summed E-state index contributed by atoms with van der Waals surface area (Å²) in [6.07, 6.45) is 16.9. The molecule has 0 aromatic heterocycles. The van der Waals surface area contributed by atoms with Gasteiger partial charge in [0.25, 0.3) is 0 Å². The molecule has 0 saturated heterocycles. The number of hydrogen-bond acceptors (Lipinski definition) is 0. The van der Waals surface area contributed by atoms with Crippen LogP contribution in [0.5, 0.6) is 0 Å². The first-order chi connectivity index (χ1) is 13.9. The van der Waals surface area contributed by atoms with E-state index in [0.29, 0.717) is 11.8 Å². The molecule has 2 aromatic carbocycles. The van der Waals surface area contributed by atoms with Crippen LogP contribution in [-0.4, -0.2) is 0 Å². The molecule has 4 bridgehead atoms. The van der Waals surface area contributed by atoms with Crippen LogP contribution in [-0.2, 0) is 0 Å². The summed E-state index contributed by atoms with van der Waals surface area (Å²) in [6.45, 7) is 0. The molecule has 5 rings (SSSR count). The Morgan fingerprint density at radius 3 is 1.36 bits per heavy atom. The zero-order valence-electron chi connectivity index (χ0n) is 16.5. The van der Waals surface area contributed by atoms with Gasteiger partial charge in [-0.25, -0.2) is 0 Å².